The molecule has 0 radical (unpaired) electrons. The van der Waals surface area contributed by atoms with E-state index >= 15 is 0 Å². The molecule has 0 bridgehead atoms. The number of rotatable bonds is 11. The number of aryl methyl sites for hydroxylation is 1. The number of ether oxygens (including phenoxy) is 1. The number of nitrogen functional groups attached to an aromatic ring is 2. The van der Waals surface area contributed by atoms with E-state index in [2.05, 4.69) is 44.7 Å². The first-order valence-electron chi connectivity index (χ1n) is 11.3. The second-order valence-corrected chi connectivity index (χ2v) is 7.78. The van der Waals surface area contributed by atoms with Gasteiger partial charge in [-0.2, -0.15) is 0 Å². The van der Waals surface area contributed by atoms with Crippen LogP contribution in [0.2, 0.25) is 5.15 Å². The first kappa shape index (κ1) is 29.6. The third kappa shape index (κ3) is 12.0. The lowest BCUT2D eigenvalue weighted by atomic mass is 10.1. The Labute approximate surface area is 210 Å². The highest BCUT2D eigenvalue weighted by molar-refractivity contribution is 6.31. The molecule has 0 unspecified atom stereocenters. The predicted molar refractivity (Wildman–Crippen MR) is 140 cm³/mol. The van der Waals surface area contributed by atoms with Gasteiger partial charge in [0.25, 0.3) is 5.91 Å². The molecule has 1 aromatic heterocycles. The average molecular weight is 507 g/mol. The van der Waals surface area contributed by atoms with E-state index in [4.69, 9.17) is 33.5 Å². The minimum absolute atomic E-state index is 0.0355. The minimum atomic E-state index is -0.647. The average Bonchev–Trinajstić information content (AvgIpc) is 2.81. The molecule has 2 rings (SSSR count). The molecule has 0 saturated carbocycles. The molecular weight excluding hydrogens is 472 g/mol. The maximum atomic E-state index is 11.7. The molecular formula is C23H35ClN8O3. The number of carbonyl (C=O) groups is 2. The molecule has 0 aliphatic heterocycles. The van der Waals surface area contributed by atoms with Gasteiger partial charge in [-0.1, -0.05) is 37.1 Å². The molecule has 0 fully saturated rings. The number of hydrogen-bond donors (Lipinski definition) is 5. The summed E-state index contributed by atoms with van der Waals surface area (Å²) in [7, 11) is 0. The van der Waals surface area contributed by atoms with Crippen LogP contribution in [0.15, 0.2) is 29.3 Å². The van der Waals surface area contributed by atoms with E-state index in [-0.39, 0.29) is 34.2 Å². The number of Topliss-reactive ketones (excluding diaryl/α,β-unsaturated/α-hetero) is 1. The lowest BCUT2D eigenvalue weighted by Gasteiger charge is -2.07. The maximum absolute atomic E-state index is 11.7. The van der Waals surface area contributed by atoms with E-state index in [0.29, 0.717) is 26.2 Å². The Bertz CT molecular complexity index is 983. The number of carbonyl (C=O) groups excluding carboxylic acids is 2. The van der Waals surface area contributed by atoms with Gasteiger partial charge in [0.05, 0.1) is 6.54 Å². The van der Waals surface area contributed by atoms with Crippen molar-refractivity contribution in [2.24, 2.45) is 10.7 Å². The van der Waals surface area contributed by atoms with Gasteiger partial charge in [0.1, 0.15) is 18.1 Å². The van der Waals surface area contributed by atoms with Crippen molar-refractivity contribution >= 4 is 40.9 Å². The summed E-state index contributed by atoms with van der Waals surface area (Å²) < 4.78 is 5.57. The summed E-state index contributed by atoms with van der Waals surface area (Å²) in [5, 5.41) is 5.21. The van der Waals surface area contributed by atoms with Crippen LogP contribution in [0.25, 0.3) is 0 Å². The second kappa shape index (κ2) is 16.2. The number of halogens is 1. The molecule has 1 aromatic carbocycles. The summed E-state index contributed by atoms with van der Waals surface area (Å²) in [5.74, 6) is 0.179. The Balaban J connectivity index is 0.000000351. The van der Waals surface area contributed by atoms with Crippen molar-refractivity contribution in [3.8, 4) is 5.75 Å². The fraction of sp³-hybridized carbons (Fsp3) is 0.435. The lowest BCUT2D eigenvalue weighted by Crippen LogP contribution is -2.37. The molecule has 0 saturated heterocycles. The van der Waals surface area contributed by atoms with Crippen molar-refractivity contribution in [2.75, 3.05) is 37.7 Å². The standard InChI is InChI=1S/C15H23NO2.C8H12ClN7O/c1-3-4-5-14-6-8-15(9-7-14)18-11-10-16-12-13(2)17;1-2-13-8(12)16-7(17)3-5(10)15-6(11)4(9)14-3/h6-9,16H,3-5,10-12H2,1-2H3;2H2,1H3,(H4,10,11,15)(H3,12,13,16,17). The van der Waals surface area contributed by atoms with Crippen LogP contribution in [0.3, 0.4) is 0 Å². The topological polar surface area (TPSA) is 184 Å². The highest BCUT2D eigenvalue weighted by Gasteiger charge is 2.16. The molecule has 11 nitrogen and oxygen atoms in total. The largest absolute Gasteiger partial charge is 0.492 e. The van der Waals surface area contributed by atoms with E-state index < -0.39 is 5.91 Å². The van der Waals surface area contributed by atoms with E-state index in [9.17, 15) is 9.59 Å². The number of nitrogens with one attached hydrogen (secondary N) is 2. The molecule has 0 aliphatic carbocycles. The fourth-order valence-electron chi connectivity index (χ4n) is 2.63. The van der Waals surface area contributed by atoms with Crippen LogP contribution in [0, 0.1) is 0 Å². The number of nitrogens with two attached hydrogens (primary N) is 3. The third-order valence-electron chi connectivity index (χ3n) is 4.35. The first-order chi connectivity index (χ1) is 16.7. The lowest BCUT2D eigenvalue weighted by molar-refractivity contribution is -0.116. The molecule has 1 amide bonds. The Morgan fingerprint density at radius 1 is 1.11 bits per heavy atom. The molecule has 192 valence electrons. The Morgan fingerprint density at radius 3 is 2.40 bits per heavy atom. The van der Waals surface area contributed by atoms with Crippen LogP contribution >= 0.6 is 11.6 Å². The summed E-state index contributed by atoms with van der Waals surface area (Å²) in [5.41, 5.74) is 17.5. The summed E-state index contributed by atoms with van der Waals surface area (Å²) in [6.07, 6.45) is 3.59. The van der Waals surface area contributed by atoms with Gasteiger partial charge in [-0.25, -0.2) is 9.97 Å². The summed E-state index contributed by atoms with van der Waals surface area (Å²) in [6.45, 7) is 7.68. The number of unbranched alkanes of at least 4 members (excludes halogenated alkanes) is 1. The number of ketones is 1. The second-order valence-electron chi connectivity index (χ2n) is 7.42. The highest BCUT2D eigenvalue weighted by Crippen LogP contribution is 2.17. The van der Waals surface area contributed by atoms with E-state index in [1.165, 1.54) is 18.4 Å². The molecule has 12 heteroatoms. The number of aromatic nitrogens is 2. The molecule has 0 atom stereocenters. The number of anilines is 2. The van der Waals surface area contributed by atoms with Gasteiger partial charge in [-0.05, 0) is 44.4 Å². The van der Waals surface area contributed by atoms with E-state index in [0.717, 1.165) is 12.2 Å². The number of amides is 1. The highest BCUT2D eigenvalue weighted by atomic mass is 35.5. The molecule has 0 spiro atoms. The monoisotopic (exact) mass is 506 g/mol. The zero-order valence-electron chi connectivity index (χ0n) is 20.4. The summed E-state index contributed by atoms with van der Waals surface area (Å²) in [4.78, 5) is 33.5. The van der Waals surface area contributed by atoms with Gasteiger partial charge in [-0.15, -0.1) is 0 Å². The Kier molecular flexibility index (Phi) is 13.7. The predicted octanol–water partition coefficient (Wildman–Crippen LogP) is 1.95. The van der Waals surface area contributed by atoms with Crippen molar-refractivity contribution in [3.05, 3.63) is 40.7 Å². The smallest absolute Gasteiger partial charge is 0.280 e. The van der Waals surface area contributed by atoms with Crippen LogP contribution in [0.5, 0.6) is 5.75 Å². The number of guanidine groups is 1. The summed E-state index contributed by atoms with van der Waals surface area (Å²) >= 11 is 5.63. The van der Waals surface area contributed by atoms with Crippen molar-refractivity contribution < 1.29 is 14.3 Å². The number of nitrogens with zero attached hydrogens (tertiary/aromatic N) is 3. The van der Waals surface area contributed by atoms with Crippen LogP contribution in [0.4, 0.5) is 11.6 Å². The fourth-order valence-corrected chi connectivity index (χ4v) is 2.76. The molecule has 2 aromatic rings. The molecule has 1 heterocycles. The van der Waals surface area contributed by atoms with Gasteiger partial charge in [0.2, 0.25) is 0 Å². The zero-order chi connectivity index (χ0) is 26.2. The van der Waals surface area contributed by atoms with Crippen LogP contribution in [0.1, 0.15) is 49.7 Å². The molecule has 35 heavy (non-hydrogen) atoms. The van der Waals surface area contributed by atoms with Crippen LogP contribution in [-0.2, 0) is 11.2 Å². The van der Waals surface area contributed by atoms with Gasteiger partial charge in [0, 0.05) is 13.1 Å². The van der Waals surface area contributed by atoms with Crippen molar-refractivity contribution in [1.29, 1.82) is 0 Å². The van der Waals surface area contributed by atoms with E-state index in [1.807, 2.05) is 12.1 Å². The molecule has 8 N–H and O–H groups in total. The van der Waals surface area contributed by atoms with Crippen molar-refractivity contribution in [2.45, 2.75) is 40.0 Å². The number of hydrogen-bond acceptors (Lipinski definition) is 9. The Morgan fingerprint density at radius 2 is 1.80 bits per heavy atom. The normalized spacial score (nSPS) is 10.8. The SMILES string of the molecule is CCCCc1ccc(OCCNCC(C)=O)cc1.CCN=C(N)NC(=O)c1nc(Cl)c(N)nc1N. The van der Waals surface area contributed by atoms with Gasteiger partial charge < -0.3 is 27.3 Å². The number of benzene rings is 1. The quantitative estimate of drug-likeness (QED) is 0.172. The number of aliphatic imine (C=N–C) groups is 1. The molecule has 0 aliphatic rings. The van der Waals surface area contributed by atoms with Gasteiger partial charge >= 0.3 is 0 Å². The van der Waals surface area contributed by atoms with Gasteiger partial charge in [0.15, 0.2) is 28.4 Å². The van der Waals surface area contributed by atoms with Crippen LogP contribution < -0.4 is 32.6 Å². The first-order valence-corrected chi connectivity index (χ1v) is 11.7. The van der Waals surface area contributed by atoms with Gasteiger partial charge in [-0.3, -0.25) is 19.9 Å². The van der Waals surface area contributed by atoms with Crippen LogP contribution in [-0.4, -0.2) is 53.9 Å². The minimum Gasteiger partial charge on any atom is -0.492 e. The van der Waals surface area contributed by atoms with E-state index in [1.54, 1.807) is 13.8 Å². The summed E-state index contributed by atoms with van der Waals surface area (Å²) in [6, 6.07) is 8.26. The van der Waals surface area contributed by atoms with Crippen molar-refractivity contribution in [3.63, 3.8) is 0 Å². The Hall–Kier alpha value is -3.44. The van der Waals surface area contributed by atoms with Crippen molar-refractivity contribution in [1.82, 2.24) is 20.6 Å². The maximum Gasteiger partial charge on any atom is 0.280 e. The zero-order valence-corrected chi connectivity index (χ0v) is 21.2. The third-order valence-corrected chi connectivity index (χ3v) is 4.63.